The Morgan fingerprint density at radius 1 is 0.641 bits per heavy atom. The van der Waals surface area contributed by atoms with Crippen LogP contribution in [0.2, 0.25) is 0 Å². The molecular weight excluding hydrogens is 868 g/mol. The van der Waals surface area contributed by atoms with Crippen molar-refractivity contribution in [2.75, 3.05) is 19.8 Å². The third kappa shape index (κ3) is 8.52. The van der Waals surface area contributed by atoms with Crippen molar-refractivity contribution >= 4 is 11.0 Å². The molecule has 7 rings (SSSR count). The average molecular weight is 919 g/mol. The van der Waals surface area contributed by atoms with Gasteiger partial charge in [-0.25, -0.2) is 0 Å². The summed E-state index contributed by atoms with van der Waals surface area (Å²) in [5.41, 5.74) is -1.83. The number of aliphatic hydroxyl groups excluding tert-OH is 14. The molecule has 25 nitrogen and oxygen atoms in total. The highest BCUT2D eigenvalue weighted by molar-refractivity contribution is 5.88. The summed E-state index contributed by atoms with van der Waals surface area (Å²) in [4.78, 5) is 14.4. The molecule has 64 heavy (non-hydrogen) atoms. The van der Waals surface area contributed by atoms with Crippen molar-refractivity contribution in [3.05, 3.63) is 46.6 Å². The zero-order valence-corrected chi connectivity index (χ0v) is 33.4. The minimum atomic E-state index is -3.15. The number of aliphatic hydroxyl groups is 14. The van der Waals surface area contributed by atoms with Crippen molar-refractivity contribution in [3.8, 4) is 34.3 Å². The lowest BCUT2D eigenvalue weighted by atomic mass is 9.83. The molecule has 0 bridgehead atoms. The molecule has 4 fully saturated rings. The van der Waals surface area contributed by atoms with Gasteiger partial charge in [-0.05, 0) is 31.2 Å². The Hall–Kier alpha value is -3.91. The van der Waals surface area contributed by atoms with E-state index in [1.54, 1.807) is 0 Å². The van der Waals surface area contributed by atoms with E-state index in [1.807, 2.05) is 0 Å². The van der Waals surface area contributed by atoms with Gasteiger partial charge in [-0.2, -0.15) is 0 Å². The number of fused-ring (bicyclic) bond motifs is 1. The fourth-order valence-electron chi connectivity index (χ4n) is 8.00. The minimum absolute atomic E-state index is 0.111. The maximum Gasteiger partial charge on any atom is 0.269 e. The zero-order valence-electron chi connectivity index (χ0n) is 33.4. The van der Waals surface area contributed by atoms with Gasteiger partial charge in [0.15, 0.2) is 24.3 Å². The summed E-state index contributed by atoms with van der Waals surface area (Å²) in [6.07, 6.45) is -35.1. The average Bonchev–Trinajstić information content (AvgIpc) is 3.27. The van der Waals surface area contributed by atoms with Gasteiger partial charge in [0.2, 0.25) is 17.5 Å². The molecule has 4 saturated heterocycles. The zero-order chi connectivity index (χ0) is 46.7. The van der Waals surface area contributed by atoms with Gasteiger partial charge in [0.05, 0.1) is 25.9 Å². The van der Waals surface area contributed by atoms with E-state index in [0.717, 1.165) is 12.1 Å². The van der Waals surface area contributed by atoms with Crippen LogP contribution in [-0.4, -0.2) is 224 Å². The number of benzene rings is 2. The van der Waals surface area contributed by atoms with E-state index in [2.05, 4.69) is 0 Å². The van der Waals surface area contributed by atoms with E-state index in [0.29, 0.717) is 0 Å². The van der Waals surface area contributed by atoms with Crippen LogP contribution < -0.4 is 14.9 Å². The fourth-order valence-corrected chi connectivity index (χ4v) is 8.00. The summed E-state index contributed by atoms with van der Waals surface area (Å²) in [6, 6.07) is 6.57. The Bertz CT molecular complexity index is 2130. The third-order valence-electron chi connectivity index (χ3n) is 11.7. The lowest BCUT2D eigenvalue weighted by Crippen LogP contribution is -2.77. The highest BCUT2D eigenvalue weighted by Crippen LogP contribution is 2.44. The first-order valence-electron chi connectivity index (χ1n) is 19.9. The molecule has 0 radical (unpaired) electrons. The molecule has 20 atom stereocenters. The van der Waals surface area contributed by atoms with E-state index in [9.17, 15) is 86.5 Å². The van der Waals surface area contributed by atoms with Gasteiger partial charge in [0.25, 0.3) is 5.79 Å². The van der Waals surface area contributed by atoms with Crippen LogP contribution in [-0.2, 0) is 23.7 Å². The molecule has 4 aliphatic rings. The number of rotatable bonds is 11. The number of phenols is 2. The van der Waals surface area contributed by atoms with Gasteiger partial charge in [-0.1, -0.05) is 0 Å². The van der Waals surface area contributed by atoms with Crippen LogP contribution in [0.25, 0.3) is 22.3 Å². The molecule has 16 N–H and O–H groups in total. The molecule has 5 heterocycles. The minimum Gasteiger partial charge on any atom is -0.508 e. The highest BCUT2D eigenvalue weighted by Gasteiger charge is 2.65. The molecule has 1 aromatic heterocycles. The van der Waals surface area contributed by atoms with Gasteiger partial charge in [0, 0.05) is 17.7 Å². The third-order valence-corrected chi connectivity index (χ3v) is 11.7. The van der Waals surface area contributed by atoms with Crippen LogP contribution in [0.3, 0.4) is 0 Å². The topological polar surface area (TPSA) is 419 Å². The molecule has 3 aromatic rings. The second kappa shape index (κ2) is 18.8. The van der Waals surface area contributed by atoms with E-state index < -0.39 is 181 Å². The Kier molecular flexibility index (Phi) is 14.1. The van der Waals surface area contributed by atoms with Crippen LogP contribution in [0.15, 0.2) is 45.6 Å². The van der Waals surface area contributed by atoms with E-state index >= 15 is 0 Å². The van der Waals surface area contributed by atoms with Gasteiger partial charge in [0.1, 0.15) is 114 Å². The fraction of sp³-hybridized carbons (Fsp3) is 0.615. The van der Waals surface area contributed by atoms with E-state index in [4.69, 9.17) is 37.6 Å². The van der Waals surface area contributed by atoms with Crippen molar-refractivity contribution in [1.29, 1.82) is 0 Å². The molecule has 20 unspecified atom stereocenters. The maximum atomic E-state index is 14.4. The van der Waals surface area contributed by atoms with Crippen molar-refractivity contribution in [1.82, 2.24) is 0 Å². The van der Waals surface area contributed by atoms with E-state index in [-0.39, 0.29) is 11.3 Å². The van der Waals surface area contributed by atoms with Crippen molar-refractivity contribution in [3.63, 3.8) is 0 Å². The summed E-state index contributed by atoms with van der Waals surface area (Å²) in [5.74, 6) is -6.27. The summed E-state index contributed by atoms with van der Waals surface area (Å²) < 4.78 is 45.9. The largest absolute Gasteiger partial charge is 0.508 e. The maximum absolute atomic E-state index is 14.4. The van der Waals surface area contributed by atoms with Crippen LogP contribution in [0, 0.1) is 0 Å². The standard InChI is InChI=1S/C39H50O25/c1-11-21(44)26(49)31(54)37(58-11)57-10-19-24(47)28(51)32(55)38(62-19)59-14-4-2-12(3-5-14)33-34(25(48)20-15(43)6-13(42)7-16(20)60-33)64-39(35(56)29(52)23(46)18(9-41)63-39)36-30(53)27(50)22(45)17(8-40)61-36/h2-7,11,17-19,21-24,26-32,35-38,40-47,49-56H,8-10H2,1H3. The first-order valence-corrected chi connectivity index (χ1v) is 19.9. The summed E-state index contributed by atoms with van der Waals surface area (Å²) in [5, 5.41) is 169. The molecular formula is C39H50O25. The second-order valence-electron chi connectivity index (χ2n) is 15.9. The molecule has 0 spiro atoms. The number of aromatic hydroxyl groups is 2. The molecule has 4 aliphatic heterocycles. The second-order valence-corrected chi connectivity index (χ2v) is 15.9. The number of hydrogen-bond donors (Lipinski definition) is 16. The van der Waals surface area contributed by atoms with Crippen LogP contribution in [0.1, 0.15) is 6.92 Å². The first-order chi connectivity index (χ1) is 30.2. The Morgan fingerprint density at radius 2 is 1.23 bits per heavy atom. The van der Waals surface area contributed by atoms with Gasteiger partial charge in [-0.3, -0.25) is 4.79 Å². The van der Waals surface area contributed by atoms with Gasteiger partial charge >= 0.3 is 0 Å². The lowest BCUT2D eigenvalue weighted by Gasteiger charge is -2.54. The van der Waals surface area contributed by atoms with Crippen molar-refractivity contribution < 1.29 is 119 Å². The Balaban J connectivity index is 1.23. The quantitative estimate of drug-likeness (QED) is 0.0850. The first kappa shape index (κ1) is 48.0. The number of phenolic OH excluding ortho intramolecular Hbond substituents is 2. The monoisotopic (exact) mass is 918 g/mol. The Labute approximate surface area is 359 Å². The number of ether oxygens (including phenoxy) is 7. The molecule has 0 saturated carbocycles. The highest BCUT2D eigenvalue weighted by atomic mass is 16.8. The SMILES string of the molecule is CC1OC(OCC2OC(Oc3ccc(-c4oc5cc(O)cc(O)c5c(=O)c4OC4(C5OC(CO)C(O)C(O)C5O)OC(CO)C(O)C(O)C4O)cc3)C(O)C(O)C2O)C(O)C(O)C1O. The molecule has 356 valence electrons. The predicted octanol–water partition coefficient (Wildman–Crippen LogP) is -6.71. The van der Waals surface area contributed by atoms with Crippen LogP contribution in [0.5, 0.6) is 23.0 Å². The normalized spacial score (nSPS) is 41.8. The molecule has 0 aliphatic carbocycles. The molecule has 2 aromatic carbocycles. The van der Waals surface area contributed by atoms with Crippen molar-refractivity contribution in [2.45, 2.75) is 129 Å². The molecule has 0 amide bonds. The smallest absolute Gasteiger partial charge is 0.269 e. The summed E-state index contributed by atoms with van der Waals surface area (Å²) in [7, 11) is 0. The van der Waals surface area contributed by atoms with Gasteiger partial charge < -0.3 is 119 Å². The van der Waals surface area contributed by atoms with Crippen molar-refractivity contribution in [2.24, 2.45) is 0 Å². The molecule has 25 heteroatoms. The predicted molar refractivity (Wildman–Crippen MR) is 204 cm³/mol. The Morgan fingerprint density at radius 3 is 1.89 bits per heavy atom. The number of hydrogen-bond acceptors (Lipinski definition) is 25. The summed E-state index contributed by atoms with van der Waals surface area (Å²) in [6.45, 7) is -1.28. The van der Waals surface area contributed by atoms with Crippen LogP contribution >= 0.6 is 0 Å². The van der Waals surface area contributed by atoms with Gasteiger partial charge in [-0.15, -0.1) is 0 Å². The van der Waals surface area contributed by atoms with Crippen LogP contribution in [0.4, 0.5) is 0 Å². The van der Waals surface area contributed by atoms with E-state index in [1.165, 1.54) is 31.2 Å². The summed E-state index contributed by atoms with van der Waals surface area (Å²) >= 11 is 0. The lowest BCUT2D eigenvalue weighted by molar-refractivity contribution is -0.396.